The van der Waals surface area contributed by atoms with Crippen LogP contribution < -0.4 is 0 Å². The molecule has 0 radical (unpaired) electrons. The zero-order chi connectivity index (χ0) is 35.9. The topological polar surface area (TPSA) is 142 Å². The predicted octanol–water partition coefficient (Wildman–Crippen LogP) is 6.44. The van der Waals surface area contributed by atoms with Gasteiger partial charge in [0.2, 0.25) is 0 Å². The lowest BCUT2D eigenvalue weighted by Crippen LogP contribution is -2.56. The van der Waals surface area contributed by atoms with Crippen LogP contribution in [0.3, 0.4) is 0 Å². The van der Waals surface area contributed by atoms with Gasteiger partial charge in [0.05, 0.1) is 42.7 Å². The number of hydrogen-bond donors (Lipinski definition) is 5. The molecule has 0 bridgehead atoms. The normalized spacial score (nSPS) is 34.2. The van der Waals surface area contributed by atoms with Gasteiger partial charge in [0, 0.05) is 59.4 Å². The Morgan fingerprint density at radius 2 is 1.31 bits per heavy atom. The summed E-state index contributed by atoms with van der Waals surface area (Å²) in [6.07, 6.45) is 6.51. The van der Waals surface area contributed by atoms with E-state index in [-0.39, 0.29) is 54.6 Å². The number of aromatic nitrogens is 2. The van der Waals surface area contributed by atoms with Crippen LogP contribution in [0.5, 0.6) is 0 Å². The number of halogens is 2. The second-order valence-corrected chi connectivity index (χ2v) is 16.9. The number of para-hydroxylation sites is 2. The van der Waals surface area contributed by atoms with Gasteiger partial charge in [-0.3, -0.25) is 19.4 Å². The molecule has 292 valence electrons. The molecule has 6 heterocycles. The van der Waals surface area contributed by atoms with Crippen LogP contribution in [0.1, 0.15) is 80.0 Å². The largest absolute Gasteiger partial charge is 0.481 e. The number of nitrogens with one attached hydrogen (secondary N) is 2. The fraction of sp³-hybridized carbons (Fsp3) is 0.571. The van der Waals surface area contributed by atoms with Crippen molar-refractivity contribution in [1.82, 2.24) is 19.8 Å². The van der Waals surface area contributed by atoms with Crippen molar-refractivity contribution < 1.29 is 29.6 Å². The molecule has 12 heteroatoms. The Kier molecular flexibility index (Phi) is 10.9. The molecule has 2 saturated carbocycles. The summed E-state index contributed by atoms with van der Waals surface area (Å²) in [5, 5.41) is 33.7. The van der Waals surface area contributed by atoms with Crippen molar-refractivity contribution in [3.63, 3.8) is 0 Å². The summed E-state index contributed by atoms with van der Waals surface area (Å²) in [5.41, 5.74) is 6.69. The van der Waals surface area contributed by atoms with Crippen LogP contribution in [0.25, 0.3) is 21.8 Å². The van der Waals surface area contributed by atoms with Crippen LogP contribution in [-0.2, 0) is 27.2 Å². The third kappa shape index (κ3) is 6.44. The Morgan fingerprint density at radius 3 is 1.85 bits per heavy atom. The molecule has 4 fully saturated rings. The average molecular weight is 782 g/mol. The zero-order valence-corrected chi connectivity index (χ0v) is 32.7. The maximum atomic E-state index is 12.4. The molecular formula is C42H54Cl2N4O6. The van der Waals surface area contributed by atoms with Gasteiger partial charge in [-0.15, -0.1) is 24.8 Å². The smallest absolute Gasteiger partial charge is 0.311 e. The third-order valence-corrected chi connectivity index (χ3v) is 14.2. The molecular weight excluding hydrogens is 727 g/mol. The lowest BCUT2D eigenvalue weighted by atomic mass is 9.60. The van der Waals surface area contributed by atoms with Crippen LogP contribution in [0.15, 0.2) is 48.5 Å². The highest BCUT2D eigenvalue weighted by Gasteiger charge is 2.54. The Balaban J connectivity index is 0.000000161. The standard InChI is InChI=1S/2C21H26N2O3.2ClH/c1-21(26)8-6-12-11-23-9-7-14-13-4-2-3-5-16(13)22-19(14)17(23)10-15(12)18(21)20(24)25;1-26-21(25)19-15-10-17-20-14(13-4-2-3-5-16(13)22-20)8-9-23(17)11-12(15)6-7-18(19)24;;/h2-5,12,15,17-18,22,26H,6-11H2,1H3,(H,24,25);2-5,12,15,17-19,22,24H,6-11H2,1H3;2*1H/t12-,15-,17-,18-,21-;12-,15-,17-,18-,19+;;/m00../s1. The molecule has 4 aromatic rings. The maximum absolute atomic E-state index is 12.4. The summed E-state index contributed by atoms with van der Waals surface area (Å²) < 4.78 is 5.04. The van der Waals surface area contributed by atoms with Crippen molar-refractivity contribution in [3.8, 4) is 0 Å². The number of H-pyrrole nitrogens is 2. The molecule has 2 aliphatic carbocycles. The summed E-state index contributed by atoms with van der Waals surface area (Å²) in [7, 11) is 1.43. The fourth-order valence-corrected chi connectivity index (χ4v) is 11.8. The number of nitrogens with zero attached hydrogens (tertiary/aromatic N) is 2. The number of rotatable bonds is 2. The van der Waals surface area contributed by atoms with Crippen LogP contribution in [-0.4, -0.2) is 92.0 Å². The third-order valence-electron chi connectivity index (χ3n) is 14.2. The first-order chi connectivity index (χ1) is 25.1. The number of ether oxygens (including phenoxy) is 1. The van der Waals surface area contributed by atoms with Crippen LogP contribution in [0.2, 0.25) is 0 Å². The lowest BCUT2D eigenvalue weighted by molar-refractivity contribution is -0.169. The molecule has 2 saturated heterocycles. The molecule has 6 aliphatic rings. The number of benzene rings is 2. The van der Waals surface area contributed by atoms with Gasteiger partial charge in [0.15, 0.2) is 0 Å². The minimum absolute atomic E-state index is 0. The van der Waals surface area contributed by atoms with E-state index in [4.69, 9.17) is 4.74 Å². The van der Waals surface area contributed by atoms with E-state index in [0.717, 1.165) is 64.7 Å². The number of carboxylic acid groups (broad SMARTS) is 1. The molecule has 2 aromatic heterocycles. The highest BCUT2D eigenvalue weighted by Crippen LogP contribution is 2.52. The van der Waals surface area contributed by atoms with Crippen LogP contribution >= 0.6 is 24.8 Å². The first-order valence-corrected chi connectivity index (χ1v) is 19.5. The van der Waals surface area contributed by atoms with Crippen molar-refractivity contribution in [2.45, 2.75) is 82.1 Å². The van der Waals surface area contributed by atoms with Crippen LogP contribution in [0, 0.1) is 35.5 Å². The van der Waals surface area contributed by atoms with Gasteiger partial charge in [0.25, 0.3) is 0 Å². The highest BCUT2D eigenvalue weighted by molar-refractivity contribution is 5.86. The minimum Gasteiger partial charge on any atom is -0.481 e. The second-order valence-electron chi connectivity index (χ2n) is 16.9. The van der Waals surface area contributed by atoms with E-state index in [1.807, 2.05) is 0 Å². The van der Waals surface area contributed by atoms with Crippen molar-refractivity contribution in [2.24, 2.45) is 35.5 Å². The zero-order valence-electron chi connectivity index (χ0n) is 31.1. The van der Waals surface area contributed by atoms with Crippen LogP contribution in [0.4, 0.5) is 0 Å². The maximum Gasteiger partial charge on any atom is 0.311 e. The van der Waals surface area contributed by atoms with Crippen molar-refractivity contribution in [3.05, 3.63) is 71.0 Å². The molecule has 10 rings (SSSR count). The molecule has 10 atom stereocenters. The summed E-state index contributed by atoms with van der Waals surface area (Å²) in [6, 6.07) is 17.5. The second kappa shape index (κ2) is 15.1. The van der Waals surface area contributed by atoms with Crippen molar-refractivity contribution in [1.29, 1.82) is 0 Å². The molecule has 0 spiro atoms. The van der Waals surface area contributed by atoms with Crippen molar-refractivity contribution in [2.75, 3.05) is 33.3 Å². The first kappa shape index (κ1) is 39.1. The van der Waals surface area contributed by atoms with E-state index in [2.05, 4.69) is 68.3 Å². The van der Waals surface area contributed by atoms with E-state index < -0.39 is 23.6 Å². The van der Waals surface area contributed by atoms with E-state index in [1.165, 1.54) is 51.4 Å². The number of carbonyl (C=O) groups is 2. The van der Waals surface area contributed by atoms with Gasteiger partial charge in [-0.2, -0.15) is 0 Å². The number of piperidine rings is 2. The number of aliphatic hydroxyl groups excluding tert-OH is 1. The number of fused-ring (bicyclic) bond motifs is 12. The summed E-state index contributed by atoms with van der Waals surface area (Å²) in [4.78, 5) is 36.8. The Hall–Kier alpha value is -3.12. The number of methoxy groups -OCH3 is 1. The van der Waals surface area contributed by atoms with E-state index in [9.17, 15) is 24.9 Å². The number of aliphatic hydroxyl groups is 2. The minimum atomic E-state index is -1.10. The fourth-order valence-electron chi connectivity index (χ4n) is 11.8. The number of carbonyl (C=O) groups excluding carboxylic acids is 1. The number of hydrogen-bond acceptors (Lipinski definition) is 7. The number of aromatic amines is 2. The Labute approximate surface area is 328 Å². The SMILES string of the molecule is COC(=O)[C@@H]1[C@H]2C[C@H]3c4[nH]c5ccccc5c4CCN3C[C@@H]2CC[C@@H]1O.C[C@]1(O)CC[C@H]2CN3CCc4c([nH]c5ccccc45)[C@@H]3C[C@@H]2[C@H]1C(=O)O.Cl.Cl. The molecule has 54 heavy (non-hydrogen) atoms. The van der Waals surface area contributed by atoms with Gasteiger partial charge in [-0.25, -0.2) is 0 Å². The van der Waals surface area contributed by atoms with E-state index in [0.29, 0.717) is 30.7 Å². The van der Waals surface area contributed by atoms with E-state index >= 15 is 0 Å². The summed E-state index contributed by atoms with van der Waals surface area (Å²) in [6.45, 7) is 5.79. The van der Waals surface area contributed by atoms with Gasteiger partial charge in [0.1, 0.15) is 0 Å². The Bertz CT molecular complexity index is 2010. The van der Waals surface area contributed by atoms with Gasteiger partial charge >= 0.3 is 11.9 Å². The van der Waals surface area contributed by atoms with Gasteiger partial charge < -0.3 is 30.0 Å². The molecule has 0 amide bonds. The predicted molar refractivity (Wildman–Crippen MR) is 212 cm³/mol. The van der Waals surface area contributed by atoms with Gasteiger partial charge in [-0.1, -0.05) is 36.4 Å². The van der Waals surface area contributed by atoms with E-state index in [1.54, 1.807) is 6.92 Å². The Morgan fingerprint density at radius 1 is 0.796 bits per heavy atom. The molecule has 10 nitrogen and oxygen atoms in total. The number of esters is 1. The highest BCUT2D eigenvalue weighted by atomic mass is 35.5. The number of carboxylic acids is 1. The molecule has 2 aromatic carbocycles. The molecule has 4 aliphatic heterocycles. The first-order valence-electron chi connectivity index (χ1n) is 19.5. The lowest BCUT2D eigenvalue weighted by Gasteiger charge is -2.53. The number of aliphatic carboxylic acids is 1. The quantitative estimate of drug-likeness (QED) is 0.147. The monoisotopic (exact) mass is 780 g/mol. The molecule has 5 N–H and O–H groups in total. The van der Waals surface area contributed by atoms with Gasteiger partial charge in [-0.05, 0) is 105 Å². The van der Waals surface area contributed by atoms with Crippen molar-refractivity contribution >= 4 is 58.6 Å². The summed E-state index contributed by atoms with van der Waals surface area (Å²) in [5.74, 6) is -1.05. The summed E-state index contributed by atoms with van der Waals surface area (Å²) >= 11 is 0. The average Bonchev–Trinajstić information content (AvgIpc) is 3.72. The molecule has 0 unspecified atom stereocenters.